The molecule has 0 unspecified atom stereocenters. The van der Waals surface area contributed by atoms with Crippen LogP contribution in [0.1, 0.15) is 48.0 Å². The maximum Gasteiger partial charge on any atom is 0.237 e. The van der Waals surface area contributed by atoms with Gasteiger partial charge in [0.2, 0.25) is 5.91 Å². The van der Waals surface area contributed by atoms with Gasteiger partial charge in [-0.25, -0.2) is 0 Å². The highest BCUT2D eigenvalue weighted by atomic mass is 16.3. The number of aliphatic hydroxyl groups is 1. The number of amides is 1. The fourth-order valence-corrected chi connectivity index (χ4v) is 1.06. The minimum atomic E-state index is -0.988. The average Bonchev–Trinajstić information content (AvgIpc) is 2.12. The van der Waals surface area contributed by atoms with Crippen molar-refractivity contribution < 1.29 is 9.90 Å². The lowest BCUT2D eigenvalue weighted by atomic mass is 9.85. The SMILES string of the molecule is CC[C@H](C)[C@H](N)C(=O)NC(C)(C)C(C)(C)O. The van der Waals surface area contributed by atoms with Gasteiger partial charge >= 0.3 is 0 Å². The molecule has 2 atom stereocenters. The first-order valence-corrected chi connectivity index (χ1v) is 5.83. The van der Waals surface area contributed by atoms with Crippen LogP contribution in [0.3, 0.4) is 0 Å². The molecule has 0 aromatic carbocycles. The molecule has 0 saturated heterocycles. The second-order valence-electron chi connectivity index (χ2n) is 5.58. The summed E-state index contributed by atoms with van der Waals surface area (Å²) in [6.07, 6.45) is 0.859. The third kappa shape index (κ3) is 3.76. The molecule has 0 bridgehead atoms. The van der Waals surface area contributed by atoms with Crippen LogP contribution in [0.2, 0.25) is 0 Å². The maximum absolute atomic E-state index is 11.9. The fraction of sp³-hybridized carbons (Fsp3) is 0.917. The van der Waals surface area contributed by atoms with E-state index in [0.29, 0.717) is 0 Å². The molecule has 0 radical (unpaired) electrons. The van der Waals surface area contributed by atoms with E-state index in [4.69, 9.17) is 5.73 Å². The second-order valence-corrected chi connectivity index (χ2v) is 5.58. The Balaban J connectivity index is 4.57. The predicted octanol–water partition coefficient (Wildman–Crippen LogP) is 1.03. The Labute approximate surface area is 98.6 Å². The van der Waals surface area contributed by atoms with Gasteiger partial charge in [-0.3, -0.25) is 4.79 Å². The third-order valence-electron chi connectivity index (χ3n) is 3.52. The maximum atomic E-state index is 11.9. The Hall–Kier alpha value is -0.610. The first-order valence-electron chi connectivity index (χ1n) is 5.83. The molecule has 4 N–H and O–H groups in total. The van der Waals surface area contributed by atoms with E-state index in [-0.39, 0.29) is 11.8 Å². The number of hydrogen-bond acceptors (Lipinski definition) is 3. The van der Waals surface area contributed by atoms with Crippen LogP contribution in [0.15, 0.2) is 0 Å². The van der Waals surface area contributed by atoms with E-state index in [9.17, 15) is 9.90 Å². The smallest absolute Gasteiger partial charge is 0.237 e. The summed E-state index contributed by atoms with van der Waals surface area (Å²) in [4.78, 5) is 11.9. The topological polar surface area (TPSA) is 75.4 Å². The number of hydrogen-bond donors (Lipinski definition) is 3. The van der Waals surface area contributed by atoms with E-state index in [1.807, 2.05) is 13.8 Å². The lowest BCUT2D eigenvalue weighted by molar-refractivity contribution is -0.128. The summed E-state index contributed by atoms with van der Waals surface area (Å²) in [6.45, 7) is 10.9. The highest BCUT2D eigenvalue weighted by Crippen LogP contribution is 2.21. The predicted molar refractivity (Wildman–Crippen MR) is 65.9 cm³/mol. The number of nitrogens with one attached hydrogen (secondary N) is 1. The van der Waals surface area contributed by atoms with Gasteiger partial charge in [-0.2, -0.15) is 0 Å². The molecule has 4 nitrogen and oxygen atoms in total. The quantitative estimate of drug-likeness (QED) is 0.660. The van der Waals surface area contributed by atoms with Crippen LogP contribution in [-0.2, 0) is 4.79 Å². The number of nitrogens with two attached hydrogens (primary N) is 1. The minimum Gasteiger partial charge on any atom is -0.388 e. The molecule has 4 heteroatoms. The largest absolute Gasteiger partial charge is 0.388 e. The fourth-order valence-electron chi connectivity index (χ4n) is 1.06. The Morgan fingerprint density at radius 1 is 1.38 bits per heavy atom. The standard InChI is InChI=1S/C12H26N2O2/c1-7-8(2)9(13)10(15)14-11(3,4)12(5,6)16/h8-9,16H,7,13H2,1-6H3,(H,14,15)/t8-,9-/m0/s1. The van der Waals surface area contributed by atoms with Crippen LogP contribution in [0.4, 0.5) is 0 Å². The van der Waals surface area contributed by atoms with E-state index >= 15 is 0 Å². The molecule has 0 aromatic heterocycles. The molecule has 16 heavy (non-hydrogen) atoms. The first kappa shape index (κ1) is 15.4. The highest BCUT2D eigenvalue weighted by molar-refractivity contribution is 5.82. The van der Waals surface area contributed by atoms with Crippen molar-refractivity contribution in [2.45, 2.75) is 65.1 Å². The Kier molecular flexibility index (Phi) is 4.95. The lowest BCUT2D eigenvalue weighted by Gasteiger charge is -2.39. The third-order valence-corrected chi connectivity index (χ3v) is 3.52. The summed E-state index contributed by atoms with van der Waals surface area (Å²) >= 11 is 0. The van der Waals surface area contributed by atoms with Gasteiger partial charge in [-0.1, -0.05) is 20.3 Å². The number of carbonyl (C=O) groups is 1. The highest BCUT2D eigenvalue weighted by Gasteiger charge is 2.37. The van der Waals surface area contributed by atoms with Crippen molar-refractivity contribution in [1.82, 2.24) is 5.32 Å². The van der Waals surface area contributed by atoms with E-state index in [2.05, 4.69) is 5.32 Å². The van der Waals surface area contributed by atoms with Crippen LogP contribution < -0.4 is 11.1 Å². The summed E-state index contributed by atoms with van der Waals surface area (Å²) in [6, 6.07) is -0.522. The van der Waals surface area contributed by atoms with Gasteiger partial charge in [0.15, 0.2) is 0 Å². The van der Waals surface area contributed by atoms with Gasteiger partial charge in [-0.05, 0) is 33.6 Å². The van der Waals surface area contributed by atoms with Gasteiger partial charge in [0.05, 0.1) is 17.2 Å². The Bertz CT molecular complexity index is 244. The van der Waals surface area contributed by atoms with Gasteiger partial charge in [0.25, 0.3) is 0 Å². The van der Waals surface area contributed by atoms with Crippen molar-refractivity contribution in [2.24, 2.45) is 11.7 Å². The Morgan fingerprint density at radius 3 is 2.12 bits per heavy atom. The van der Waals surface area contributed by atoms with E-state index in [1.54, 1.807) is 27.7 Å². The van der Waals surface area contributed by atoms with Crippen molar-refractivity contribution >= 4 is 5.91 Å². The average molecular weight is 230 g/mol. The molecular formula is C12H26N2O2. The summed E-state index contributed by atoms with van der Waals surface area (Å²) in [5.74, 6) is -0.0703. The van der Waals surface area contributed by atoms with E-state index in [1.165, 1.54) is 0 Å². The van der Waals surface area contributed by atoms with Crippen molar-refractivity contribution in [2.75, 3.05) is 0 Å². The normalized spacial score (nSPS) is 16.8. The molecule has 0 spiro atoms. The van der Waals surface area contributed by atoms with Crippen molar-refractivity contribution in [1.29, 1.82) is 0 Å². The molecule has 0 saturated carbocycles. The zero-order valence-electron chi connectivity index (χ0n) is 11.3. The van der Waals surface area contributed by atoms with Crippen LogP contribution in [0.25, 0.3) is 0 Å². The van der Waals surface area contributed by atoms with Crippen molar-refractivity contribution in [3.8, 4) is 0 Å². The van der Waals surface area contributed by atoms with Gasteiger partial charge in [0, 0.05) is 0 Å². The molecule has 0 aliphatic heterocycles. The van der Waals surface area contributed by atoms with Crippen LogP contribution >= 0.6 is 0 Å². The van der Waals surface area contributed by atoms with Crippen molar-refractivity contribution in [3.05, 3.63) is 0 Å². The van der Waals surface area contributed by atoms with E-state index in [0.717, 1.165) is 6.42 Å². The van der Waals surface area contributed by atoms with E-state index < -0.39 is 17.2 Å². The van der Waals surface area contributed by atoms with Crippen LogP contribution in [-0.4, -0.2) is 28.2 Å². The van der Waals surface area contributed by atoms with Gasteiger partial charge < -0.3 is 16.2 Å². The monoisotopic (exact) mass is 230 g/mol. The second kappa shape index (κ2) is 5.15. The zero-order valence-corrected chi connectivity index (χ0v) is 11.3. The summed E-state index contributed by atoms with van der Waals surface area (Å²) < 4.78 is 0. The molecule has 0 aliphatic rings. The number of carbonyl (C=O) groups excluding carboxylic acids is 1. The minimum absolute atomic E-state index is 0.137. The molecule has 0 heterocycles. The molecule has 0 aliphatic carbocycles. The van der Waals surface area contributed by atoms with Gasteiger partial charge in [0.1, 0.15) is 0 Å². The summed E-state index contributed by atoms with van der Waals surface area (Å²) in [7, 11) is 0. The lowest BCUT2D eigenvalue weighted by Crippen LogP contribution is -2.61. The molecule has 0 aromatic rings. The molecule has 0 rings (SSSR count). The molecule has 0 fully saturated rings. The molecular weight excluding hydrogens is 204 g/mol. The molecule has 1 amide bonds. The Morgan fingerprint density at radius 2 is 1.81 bits per heavy atom. The summed E-state index contributed by atoms with van der Waals surface area (Å²) in [5.41, 5.74) is 4.14. The summed E-state index contributed by atoms with van der Waals surface area (Å²) in [5, 5.41) is 12.7. The van der Waals surface area contributed by atoms with Crippen LogP contribution in [0.5, 0.6) is 0 Å². The van der Waals surface area contributed by atoms with Crippen LogP contribution in [0, 0.1) is 5.92 Å². The first-order chi connectivity index (χ1) is 7.03. The zero-order chi connectivity index (χ0) is 13.1. The van der Waals surface area contributed by atoms with Gasteiger partial charge in [-0.15, -0.1) is 0 Å². The molecule has 96 valence electrons. The number of rotatable bonds is 5. The van der Waals surface area contributed by atoms with Crippen molar-refractivity contribution in [3.63, 3.8) is 0 Å².